The number of aliphatic carboxylic acids is 1. The molecule has 0 aliphatic carbocycles. The lowest BCUT2D eigenvalue weighted by atomic mass is 10.1. The summed E-state index contributed by atoms with van der Waals surface area (Å²) in [4.78, 5) is 22.3. The van der Waals surface area contributed by atoms with Crippen LogP contribution in [0.15, 0.2) is 18.2 Å². The van der Waals surface area contributed by atoms with E-state index in [0.717, 1.165) is 0 Å². The SMILES string of the molecule is CC(CCNC(=O)Cc1ccc(Cl)cc1Cl)C(=O)O. The Balaban J connectivity index is 2.41. The van der Waals surface area contributed by atoms with Crippen LogP contribution in [0, 0.1) is 5.92 Å². The zero-order valence-corrected chi connectivity index (χ0v) is 12.0. The molecule has 0 aromatic heterocycles. The van der Waals surface area contributed by atoms with Gasteiger partial charge in [0.1, 0.15) is 0 Å². The summed E-state index contributed by atoms with van der Waals surface area (Å²) < 4.78 is 0. The molecule has 1 amide bonds. The van der Waals surface area contributed by atoms with Gasteiger partial charge in [-0.1, -0.05) is 36.2 Å². The topological polar surface area (TPSA) is 66.4 Å². The normalized spacial score (nSPS) is 11.9. The molecule has 1 unspecified atom stereocenters. The molecule has 0 saturated heterocycles. The van der Waals surface area contributed by atoms with Gasteiger partial charge < -0.3 is 10.4 Å². The number of halogens is 2. The first-order chi connectivity index (χ1) is 8.90. The fourth-order valence-electron chi connectivity index (χ4n) is 1.45. The van der Waals surface area contributed by atoms with Crippen LogP contribution >= 0.6 is 23.2 Å². The van der Waals surface area contributed by atoms with Crippen LogP contribution in [0.1, 0.15) is 18.9 Å². The Morgan fingerprint density at radius 2 is 2.05 bits per heavy atom. The van der Waals surface area contributed by atoms with Crippen molar-refractivity contribution in [2.75, 3.05) is 6.54 Å². The fourth-order valence-corrected chi connectivity index (χ4v) is 1.93. The molecule has 0 fully saturated rings. The summed E-state index contributed by atoms with van der Waals surface area (Å²) in [6, 6.07) is 4.95. The summed E-state index contributed by atoms with van der Waals surface area (Å²) >= 11 is 11.7. The van der Waals surface area contributed by atoms with Crippen LogP contribution in [0.3, 0.4) is 0 Å². The number of carbonyl (C=O) groups excluding carboxylic acids is 1. The van der Waals surface area contributed by atoms with Crippen molar-refractivity contribution in [3.05, 3.63) is 33.8 Å². The summed E-state index contributed by atoms with van der Waals surface area (Å²) in [5.74, 6) is -1.53. The van der Waals surface area contributed by atoms with Gasteiger partial charge in [-0.05, 0) is 24.1 Å². The zero-order valence-electron chi connectivity index (χ0n) is 10.5. The first-order valence-electron chi connectivity index (χ1n) is 5.83. The lowest BCUT2D eigenvalue weighted by Crippen LogP contribution is -2.28. The second-order valence-corrected chi connectivity index (χ2v) is 5.13. The predicted octanol–water partition coefficient (Wildman–Crippen LogP) is 2.76. The van der Waals surface area contributed by atoms with Crippen LogP contribution in [0.25, 0.3) is 0 Å². The Kier molecular flexibility index (Phi) is 6.12. The molecule has 1 atom stereocenters. The number of hydrogen-bond donors (Lipinski definition) is 2. The smallest absolute Gasteiger partial charge is 0.306 e. The van der Waals surface area contributed by atoms with Gasteiger partial charge in [-0.15, -0.1) is 0 Å². The van der Waals surface area contributed by atoms with Crippen molar-refractivity contribution in [2.24, 2.45) is 5.92 Å². The molecule has 2 N–H and O–H groups in total. The number of carboxylic acid groups (broad SMARTS) is 1. The highest BCUT2D eigenvalue weighted by Gasteiger charge is 2.11. The first kappa shape index (κ1) is 15.8. The first-order valence-corrected chi connectivity index (χ1v) is 6.59. The van der Waals surface area contributed by atoms with Gasteiger partial charge in [0.2, 0.25) is 5.91 Å². The average molecular weight is 304 g/mol. The van der Waals surface area contributed by atoms with Gasteiger partial charge in [-0.25, -0.2) is 0 Å². The van der Waals surface area contributed by atoms with Crippen LogP contribution in [-0.2, 0) is 16.0 Å². The Bertz CT molecular complexity index is 477. The summed E-state index contributed by atoms with van der Waals surface area (Å²) in [6.45, 7) is 1.93. The number of carboxylic acids is 1. The number of nitrogens with one attached hydrogen (secondary N) is 1. The molecule has 6 heteroatoms. The highest BCUT2D eigenvalue weighted by Crippen LogP contribution is 2.21. The van der Waals surface area contributed by atoms with E-state index in [-0.39, 0.29) is 12.3 Å². The fraction of sp³-hybridized carbons (Fsp3) is 0.385. The molecule has 4 nitrogen and oxygen atoms in total. The number of rotatable bonds is 6. The van der Waals surface area contributed by atoms with Crippen LogP contribution in [-0.4, -0.2) is 23.5 Å². The largest absolute Gasteiger partial charge is 0.481 e. The quantitative estimate of drug-likeness (QED) is 0.849. The number of benzene rings is 1. The molecule has 0 saturated carbocycles. The van der Waals surface area contributed by atoms with Crippen molar-refractivity contribution < 1.29 is 14.7 Å². The van der Waals surface area contributed by atoms with E-state index >= 15 is 0 Å². The highest BCUT2D eigenvalue weighted by atomic mass is 35.5. The standard InChI is InChI=1S/C13H15Cl2NO3/c1-8(13(18)19)4-5-16-12(17)6-9-2-3-10(14)7-11(9)15/h2-3,7-8H,4-6H2,1H3,(H,16,17)(H,18,19). The van der Waals surface area contributed by atoms with Gasteiger partial charge in [-0.3, -0.25) is 9.59 Å². The minimum atomic E-state index is -0.866. The Morgan fingerprint density at radius 1 is 1.37 bits per heavy atom. The third-order valence-electron chi connectivity index (χ3n) is 2.69. The Morgan fingerprint density at radius 3 is 2.63 bits per heavy atom. The van der Waals surface area contributed by atoms with Gasteiger partial charge in [0.05, 0.1) is 12.3 Å². The maximum Gasteiger partial charge on any atom is 0.306 e. The molecule has 1 rings (SSSR count). The van der Waals surface area contributed by atoms with E-state index in [1.807, 2.05) is 0 Å². The predicted molar refractivity (Wildman–Crippen MR) is 74.6 cm³/mol. The molecule has 0 aliphatic heterocycles. The minimum Gasteiger partial charge on any atom is -0.481 e. The van der Waals surface area contributed by atoms with E-state index in [0.29, 0.717) is 28.6 Å². The molecular weight excluding hydrogens is 289 g/mol. The second kappa shape index (κ2) is 7.36. The summed E-state index contributed by atoms with van der Waals surface area (Å²) in [7, 11) is 0. The van der Waals surface area contributed by atoms with Crippen molar-refractivity contribution >= 4 is 35.1 Å². The Labute approximate surface area is 121 Å². The van der Waals surface area contributed by atoms with Crippen molar-refractivity contribution in [1.82, 2.24) is 5.32 Å². The monoisotopic (exact) mass is 303 g/mol. The number of hydrogen-bond acceptors (Lipinski definition) is 2. The van der Waals surface area contributed by atoms with E-state index in [4.69, 9.17) is 28.3 Å². The summed E-state index contributed by atoms with van der Waals surface area (Å²) in [6.07, 6.45) is 0.548. The van der Waals surface area contributed by atoms with Crippen molar-refractivity contribution in [2.45, 2.75) is 19.8 Å². The van der Waals surface area contributed by atoms with Crippen LogP contribution in [0.4, 0.5) is 0 Å². The molecule has 0 spiro atoms. The molecule has 0 radical (unpaired) electrons. The van der Waals surface area contributed by atoms with Crippen molar-refractivity contribution in [3.63, 3.8) is 0 Å². The average Bonchev–Trinajstić information content (AvgIpc) is 2.32. The maximum atomic E-state index is 11.7. The maximum absolute atomic E-state index is 11.7. The van der Waals surface area contributed by atoms with E-state index in [1.54, 1.807) is 25.1 Å². The van der Waals surface area contributed by atoms with E-state index in [9.17, 15) is 9.59 Å². The molecule has 19 heavy (non-hydrogen) atoms. The lowest BCUT2D eigenvalue weighted by molar-refractivity contribution is -0.141. The van der Waals surface area contributed by atoms with Gasteiger partial charge in [0.25, 0.3) is 0 Å². The third-order valence-corrected chi connectivity index (χ3v) is 3.27. The van der Waals surface area contributed by atoms with Gasteiger partial charge in [0.15, 0.2) is 0 Å². The van der Waals surface area contributed by atoms with Crippen LogP contribution < -0.4 is 5.32 Å². The number of carbonyl (C=O) groups is 2. The Hall–Kier alpha value is -1.26. The van der Waals surface area contributed by atoms with E-state index in [1.165, 1.54) is 0 Å². The molecular formula is C13H15Cl2NO3. The minimum absolute atomic E-state index is 0.150. The van der Waals surface area contributed by atoms with Crippen LogP contribution in [0.2, 0.25) is 10.0 Å². The van der Waals surface area contributed by atoms with Crippen LogP contribution in [0.5, 0.6) is 0 Å². The highest BCUT2D eigenvalue weighted by molar-refractivity contribution is 6.35. The third kappa shape index (κ3) is 5.49. The van der Waals surface area contributed by atoms with Crippen molar-refractivity contribution in [1.29, 1.82) is 0 Å². The molecule has 1 aromatic rings. The van der Waals surface area contributed by atoms with E-state index in [2.05, 4.69) is 5.32 Å². The molecule has 0 heterocycles. The van der Waals surface area contributed by atoms with Crippen molar-refractivity contribution in [3.8, 4) is 0 Å². The number of amides is 1. The molecule has 0 aliphatic rings. The zero-order chi connectivity index (χ0) is 14.4. The molecule has 0 bridgehead atoms. The van der Waals surface area contributed by atoms with E-state index < -0.39 is 11.9 Å². The van der Waals surface area contributed by atoms with Gasteiger partial charge >= 0.3 is 5.97 Å². The summed E-state index contributed by atoms with van der Waals surface area (Å²) in [5.41, 5.74) is 0.690. The lowest BCUT2D eigenvalue weighted by Gasteiger charge is -2.08. The van der Waals surface area contributed by atoms with Gasteiger partial charge in [-0.2, -0.15) is 0 Å². The second-order valence-electron chi connectivity index (χ2n) is 4.29. The molecule has 1 aromatic carbocycles. The molecule has 104 valence electrons. The summed E-state index contributed by atoms with van der Waals surface area (Å²) in [5, 5.41) is 12.3. The van der Waals surface area contributed by atoms with Gasteiger partial charge in [0, 0.05) is 16.6 Å².